The molecular formula is C26H24N4O2S2. The second-order valence-corrected chi connectivity index (χ2v) is 12.2. The number of rotatable bonds is 4. The van der Waals surface area contributed by atoms with E-state index in [-0.39, 0.29) is 16.8 Å². The van der Waals surface area contributed by atoms with Crippen LogP contribution in [-0.2, 0) is 4.79 Å². The number of aliphatic imine (C=N–C) groups is 1. The number of hydrogen-bond donors (Lipinski definition) is 1. The minimum absolute atomic E-state index is 0.0795. The van der Waals surface area contributed by atoms with Gasteiger partial charge >= 0.3 is 0 Å². The molecule has 0 saturated heterocycles. The summed E-state index contributed by atoms with van der Waals surface area (Å²) in [6.45, 7) is 0. The first-order valence-electron chi connectivity index (χ1n) is 11.9. The van der Waals surface area contributed by atoms with E-state index >= 15 is 0 Å². The molecule has 0 radical (unpaired) electrons. The van der Waals surface area contributed by atoms with Gasteiger partial charge in [0.05, 0.1) is 5.57 Å². The van der Waals surface area contributed by atoms with E-state index in [0.717, 1.165) is 32.8 Å². The van der Waals surface area contributed by atoms with Crippen molar-refractivity contribution in [3.8, 4) is 0 Å². The van der Waals surface area contributed by atoms with Gasteiger partial charge in [-0.25, -0.2) is 0 Å². The Bertz CT molecular complexity index is 1260. The second-order valence-electron chi connectivity index (χ2n) is 10.2. The number of amidine groups is 2. The van der Waals surface area contributed by atoms with Gasteiger partial charge in [0.2, 0.25) is 5.17 Å². The van der Waals surface area contributed by atoms with Crippen LogP contribution in [0.15, 0.2) is 72.5 Å². The molecule has 3 heterocycles. The predicted octanol–water partition coefficient (Wildman–Crippen LogP) is 6.27. The quantitative estimate of drug-likeness (QED) is 0.513. The van der Waals surface area contributed by atoms with E-state index in [1.807, 2.05) is 42.5 Å². The summed E-state index contributed by atoms with van der Waals surface area (Å²) in [4.78, 5) is 18.3. The first-order chi connectivity index (χ1) is 16.5. The van der Waals surface area contributed by atoms with E-state index < -0.39 is 5.91 Å². The van der Waals surface area contributed by atoms with Crippen molar-refractivity contribution in [2.45, 2.75) is 48.5 Å². The third-order valence-electron chi connectivity index (χ3n) is 7.80. The predicted molar refractivity (Wildman–Crippen MR) is 135 cm³/mol. The van der Waals surface area contributed by atoms with Crippen molar-refractivity contribution in [2.75, 3.05) is 0 Å². The van der Waals surface area contributed by atoms with Crippen LogP contribution in [0.5, 0.6) is 0 Å². The van der Waals surface area contributed by atoms with Gasteiger partial charge in [0.1, 0.15) is 10.8 Å². The SMILES string of the molecule is N=C1/C(=C/c2ccc(Sc3ccccc3)o2)C(=O)N=C2SC(C34CC5CC(CC(C5)C3)C4)=NN12. The van der Waals surface area contributed by atoms with Gasteiger partial charge in [0, 0.05) is 10.3 Å². The van der Waals surface area contributed by atoms with Crippen LogP contribution >= 0.6 is 23.5 Å². The number of carbonyl (C=O) groups excluding carboxylic acids is 1. The van der Waals surface area contributed by atoms with Gasteiger partial charge in [-0.3, -0.25) is 10.2 Å². The van der Waals surface area contributed by atoms with Crippen molar-refractivity contribution in [3.05, 3.63) is 53.8 Å². The minimum atomic E-state index is -0.403. The lowest BCUT2D eigenvalue weighted by Crippen LogP contribution is -2.49. The Balaban J connectivity index is 1.15. The molecule has 6 aliphatic rings. The summed E-state index contributed by atoms with van der Waals surface area (Å²) in [7, 11) is 0. The number of nitrogens with one attached hydrogen (secondary N) is 1. The summed E-state index contributed by atoms with van der Waals surface area (Å²) in [5, 5.41) is 17.5. The Morgan fingerprint density at radius 2 is 1.76 bits per heavy atom. The van der Waals surface area contributed by atoms with E-state index in [1.54, 1.807) is 11.1 Å². The Morgan fingerprint density at radius 1 is 1.06 bits per heavy atom. The zero-order valence-corrected chi connectivity index (χ0v) is 20.2. The van der Waals surface area contributed by atoms with Crippen molar-refractivity contribution in [1.29, 1.82) is 5.41 Å². The van der Waals surface area contributed by atoms with Gasteiger partial charge < -0.3 is 4.42 Å². The molecule has 2 aromatic rings. The third kappa shape index (κ3) is 3.41. The molecule has 0 unspecified atom stereocenters. The van der Waals surface area contributed by atoms with Crippen molar-refractivity contribution < 1.29 is 9.21 Å². The maximum Gasteiger partial charge on any atom is 0.283 e. The molecule has 8 rings (SSSR count). The molecule has 172 valence electrons. The number of amides is 1. The molecule has 4 saturated carbocycles. The summed E-state index contributed by atoms with van der Waals surface area (Å²) in [6, 6.07) is 13.7. The number of hydrogen-bond acceptors (Lipinski definition) is 6. The van der Waals surface area contributed by atoms with Crippen LogP contribution < -0.4 is 0 Å². The number of benzene rings is 1. The van der Waals surface area contributed by atoms with Crippen LogP contribution in [0.2, 0.25) is 0 Å². The summed E-state index contributed by atoms with van der Waals surface area (Å²) in [5.41, 5.74) is 0.335. The minimum Gasteiger partial charge on any atom is -0.450 e. The zero-order chi connectivity index (χ0) is 22.9. The van der Waals surface area contributed by atoms with Crippen molar-refractivity contribution >= 4 is 51.6 Å². The highest BCUT2D eigenvalue weighted by Gasteiger charge is 2.55. The summed E-state index contributed by atoms with van der Waals surface area (Å²) >= 11 is 3.03. The number of carbonyl (C=O) groups is 1. The fraction of sp³-hybridized carbons (Fsp3) is 0.385. The summed E-state index contributed by atoms with van der Waals surface area (Å²) < 4.78 is 5.91. The van der Waals surface area contributed by atoms with Crippen LogP contribution in [0, 0.1) is 28.6 Å². The molecule has 1 N–H and O–H groups in total. The normalized spacial score (nSPS) is 32.9. The molecule has 4 fully saturated rings. The molecular weight excluding hydrogens is 464 g/mol. The lowest BCUT2D eigenvalue weighted by Gasteiger charge is -2.56. The molecule has 1 amide bonds. The monoisotopic (exact) mass is 488 g/mol. The van der Waals surface area contributed by atoms with Crippen LogP contribution in [0.25, 0.3) is 6.08 Å². The smallest absolute Gasteiger partial charge is 0.283 e. The van der Waals surface area contributed by atoms with E-state index in [4.69, 9.17) is 14.9 Å². The highest BCUT2D eigenvalue weighted by Crippen LogP contribution is 2.62. The zero-order valence-electron chi connectivity index (χ0n) is 18.6. The lowest BCUT2D eigenvalue weighted by molar-refractivity contribution is -0.114. The van der Waals surface area contributed by atoms with Crippen molar-refractivity contribution in [3.63, 3.8) is 0 Å². The van der Waals surface area contributed by atoms with Crippen LogP contribution in [0.3, 0.4) is 0 Å². The standard InChI is InChI=1S/C26H24N4O2S2/c27-22-20(11-18-6-7-21(32-18)33-19-4-2-1-3-5-19)23(31)28-25-30(22)29-24(34-25)26-12-15-8-16(13-26)10-17(9-15)14-26/h1-7,11,15-17,27H,8-10,12-14H2/b20-11-,27-22?. The molecule has 4 bridgehead atoms. The van der Waals surface area contributed by atoms with Crippen molar-refractivity contribution in [1.82, 2.24) is 5.01 Å². The third-order valence-corrected chi connectivity index (χ3v) is 9.88. The van der Waals surface area contributed by atoms with Gasteiger partial charge in [-0.05, 0) is 98.4 Å². The van der Waals surface area contributed by atoms with E-state index in [9.17, 15) is 4.79 Å². The molecule has 0 atom stereocenters. The number of thioether (sulfide) groups is 1. The summed E-state index contributed by atoms with van der Waals surface area (Å²) in [6.07, 6.45) is 9.33. The maximum atomic E-state index is 12.9. The Kier molecular flexibility index (Phi) is 4.71. The van der Waals surface area contributed by atoms with Crippen LogP contribution in [-0.4, -0.2) is 27.0 Å². The number of nitrogens with zero attached hydrogens (tertiary/aromatic N) is 3. The number of furan rings is 1. The molecule has 4 aliphatic carbocycles. The van der Waals surface area contributed by atoms with Gasteiger partial charge in [0.25, 0.3) is 5.91 Å². The Labute approximate surface area is 206 Å². The van der Waals surface area contributed by atoms with Gasteiger partial charge in [0.15, 0.2) is 10.9 Å². The molecule has 8 heteroatoms. The number of fused-ring (bicyclic) bond motifs is 1. The average Bonchev–Trinajstić information content (AvgIpc) is 3.44. The first kappa shape index (κ1) is 20.8. The highest BCUT2D eigenvalue weighted by molar-refractivity contribution is 8.27. The van der Waals surface area contributed by atoms with Crippen LogP contribution in [0.1, 0.15) is 44.3 Å². The number of hydrazone groups is 1. The largest absolute Gasteiger partial charge is 0.450 e. The van der Waals surface area contributed by atoms with Gasteiger partial charge in [-0.15, -0.1) is 0 Å². The lowest BCUT2D eigenvalue weighted by atomic mass is 9.50. The fourth-order valence-electron chi connectivity index (χ4n) is 6.79. The summed E-state index contributed by atoms with van der Waals surface area (Å²) in [5.74, 6) is 2.64. The molecule has 34 heavy (non-hydrogen) atoms. The van der Waals surface area contributed by atoms with E-state index in [2.05, 4.69) is 4.99 Å². The van der Waals surface area contributed by atoms with Gasteiger partial charge in [-0.2, -0.15) is 15.1 Å². The average molecular weight is 489 g/mol. The van der Waals surface area contributed by atoms with E-state index in [0.29, 0.717) is 10.9 Å². The van der Waals surface area contributed by atoms with E-state index in [1.165, 1.54) is 62.0 Å². The van der Waals surface area contributed by atoms with Crippen molar-refractivity contribution in [2.24, 2.45) is 33.3 Å². The van der Waals surface area contributed by atoms with Crippen LogP contribution in [0.4, 0.5) is 0 Å². The second kappa shape index (κ2) is 7.71. The maximum absolute atomic E-state index is 12.9. The fourth-order valence-corrected chi connectivity index (χ4v) is 8.70. The molecule has 1 aromatic carbocycles. The topological polar surface area (TPSA) is 82.0 Å². The molecule has 1 aromatic heterocycles. The molecule has 0 spiro atoms. The molecule has 2 aliphatic heterocycles. The Hall–Kier alpha value is -2.58. The Morgan fingerprint density at radius 3 is 2.47 bits per heavy atom. The highest BCUT2D eigenvalue weighted by atomic mass is 32.2. The first-order valence-corrected chi connectivity index (χ1v) is 13.5. The van der Waals surface area contributed by atoms with Gasteiger partial charge in [-0.1, -0.05) is 30.0 Å². The molecule has 6 nitrogen and oxygen atoms in total.